The maximum absolute atomic E-state index is 5.60. The number of hydrogen-bond acceptors (Lipinski definition) is 2. The van der Waals surface area contributed by atoms with Gasteiger partial charge in [-0.3, -0.25) is 0 Å². The highest BCUT2D eigenvalue weighted by molar-refractivity contribution is 4.74. The van der Waals surface area contributed by atoms with Crippen LogP contribution in [0.2, 0.25) is 0 Å². The molecule has 0 bridgehead atoms. The Morgan fingerprint density at radius 2 is 2.25 bits per heavy atom. The molecule has 1 atom stereocenters. The van der Waals surface area contributed by atoms with E-state index in [9.17, 15) is 0 Å². The molecule has 1 aliphatic rings. The normalized spacial score (nSPS) is 19.5. The van der Waals surface area contributed by atoms with Gasteiger partial charge in [0.25, 0.3) is 0 Å². The summed E-state index contributed by atoms with van der Waals surface area (Å²) in [5.74, 6) is 1.74. The molecule has 0 radical (unpaired) electrons. The van der Waals surface area contributed by atoms with Crippen molar-refractivity contribution in [1.82, 2.24) is 5.32 Å². The molecule has 2 heteroatoms. The quantitative estimate of drug-likeness (QED) is 0.566. The predicted molar refractivity (Wildman–Crippen MR) is 53.0 cm³/mol. The molecule has 1 unspecified atom stereocenters. The lowest BCUT2D eigenvalue weighted by Gasteiger charge is -2.12. The van der Waals surface area contributed by atoms with Crippen molar-refractivity contribution < 1.29 is 0 Å². The number of nitrogens with one attached hydrogen (secondary N) is 1. The van der Waals surface area contributed by atoms with E-state index in [1.165, 1.54) is 32.2 Å². The molecule has 0 saturated heterocycles. The van der Waals surface area contributed by atoms with Crippen molar-refractivity contribution in [2.75, 3.05) is 19.6 Å². The van der Waals surface area contributed by atoms with Gasteiger partial charge in [-0.15, -0.1) is 0 Å². The summed E-state index contributed by atoms with van der Waals surface area (Å²) >= 11 is 0. The lowest BCUT2D eigenvalue weighted by molar-refractivity contribution is 0.464. The molecule has 0 aromatic rings. The zero-order chi connectivity index (χ0) is 8.81. The van der Waals surface area contributed by atoms with Crippen molar-refractivity contribution in [3.8, 4) is 0 Å². The second-order valence-corrected chi connectivity index (χ2v) is 3.95. The summed E-state index contributed by atoms with van der Waals surface area (Å²) in [4.78, 5) is 0. The van der Waals surface area contributed by atoms with E-state index >= 15 is 0 Å². The van der Waals surface area contributed by atoms with Crippen molar-refractivity contribution in [1.29, 1.82) is 0 Å². The van der Waals surface area contributed by atoms with Gasteiger partial charge in [0.1, 0.15) is 0 Å². The van der Waals surface area contributed by atoms with E-state index in [-0.39, 0.29) is 0 Å². The van der Waals surface area contributed by atoms with E-state index in [4.69, 9.17) is 5.73 Å². The van der Waals surface area contributed by atoms with Gasteiger partial charge in [0.2, 0.25) is 0 Å². The molecule has 0 heterocycles. The molecule has 12 heavy (non-hydrogen) atoms. The first-order valence-electron chi connectivity index (χ1n) is 5.27. The van der Waals surface area contributed by atoms with Crippen LogP contribution >= 0.6 is 0 Å². The first kappa shape index (κ1) is 10.0. The van der Waals surface area contributed by atoms with Crippen molar-refractivity contribution >= 4 is 0 Å². The van der Waals surface area contributed by atoms with Crippen LogP contribution in [0.25, 0.3) is 0 Å². The van der Waals surface area contributed by atoms with Gasteiger partial charge in [0.05, 0.1) is 0 Å². The minimum Gasteiger partial charge on any atom is -0.330 e. The summed E-state index contributed by atoms with van der Waals surface area (Å²) in [6, 6.07) is 0. The Morgan fingerprint density at radius 3 is 2.75 bits per heavy atom. The molecule has 0 aromatic heterocycles. The fraction of sp³-hybridized carbons (Fsp3) is 1.00. The zero-order valence-corrected chi connectivity index (χ0v) is 8.18. The van der Waals surface area contributed by atoms with E-state index < -0.39 is 0 Å². The molecule has 1 rings (SSSR count). The smallest absolute Gasteiger partial charge is 0.000856 e. The Kier molecular flexibility index (Phi) is 4.62. The van der Waals surface area contributed by atoms with Crippen LogP contribution in [0.5, 0.6) is 0 Å². The zero-order valence-electron chi connectivity index (χ0n) is 8.18. The third-order valence-electron chi connectivity index (χ3n) is 2.77. The van der Waals surface area contributed by atoms with E-state index in [2.05, 4.69) is 12.2 Å². The Balaban J connectivity index is 1.85. The maximum Gasteiger partial charge on any atom is -0.000856 e. The lowest BCUT2D eigenvalue weighted by Crippen LogP contribution is -2.28. The minimum atomic E-state index is 0.684. The number of nitrogens with two attached hydrogens (primary N) is 1. The van der Waals surface area contributed by atoms with Gasteiger partial charge in [-0.25, -0.2) is 0 Å². The fourth-order valence-corrected chi connectivity index (χ4v) is 1.41. The standard InChI is InChI=1S/C10H22N2/c1-2-9(7-11)8-12-6-5-10-3-4-10/h9-10,12H,2-8,11H2,1H3. The van der Waals surface area contributed by atoms with E-state index in [1.54, 1.807) is 0 Å². The summed E-state index contributed by atoms with van der Waals surface area (Å²) in [6.45, 7) is 5.34. The van der Waals surface area contributed by atoms with Crippen molar-refractivity contribution in [3.05, 3.63) is 0 Å². The van der Waals surface area contributed by atoms with Crippen LogP contribution in [0.1, 0.15) is 32.6 Å². The molecule has 0 aliphatic heterocycles. The summed E-state index contributed by atoms with van der Waals surface area (Å²) in [7, 11) is 0. The Labute approximate surface area is 75.9 Å². The first-order chi connectivity index (χ1) is 5.86. The minimum absolute atomic E-state index is 0.684. The maximum atomic E-state index is 5.60. The van der Waals surface area contributed by atoms with Gasteiger partial charge in [-0.05, 0) is 37.9 Å². The van der Waals surface area contributed by atoms with E-state index in [0.717, 1.165) is 19.0 Å². The van der Waals surface area contributed by atoms with Crippen LogP contribution in [-0.4, -0.2) is 19.6 Å². The van der Waals surface area contributed by atoms with E-state index in [1.807, 2.05) is 0 Å². The van der Waals surface area contributed by atoms with Gasteiger partial charge >= 0.3 is 0 Å². The molecule has 0 spiro atoms. The summed E-state index contributed by atoms with van der Waals surface area (Å²) in [5, 5.41) is 3.48. The molecule has 3 N–H and O–H groups in total. The van der Waals surface area contributed by atoms with Crippen LogP contribution in [0, 0.1) is 11.8 Å². The van der Waals surface area contributed by atoms with Gasteiger partial charge < -0.3 is 11.1 Å². The lowest BCUT2D eigenvalue weighted by atomic mass is 10.1. The van der Waals surface area contributed by atoms with E-state index in [0.29, 0.717) is 5.92 Å². The van der Waals surface area contributed by atoms with Crippen LogP contribution in [0.4, 0.5) is 0 Å². The van der Waals surface area contributed by atoms with Crippen LogP contribution < -0.4 is 11.1 Å². The molecule has 0 aromatic carbocycles. The van der Waals surface area contributed by atoms with Crippen molar-refractivity contribution in [2.45, 2.75) is 32.6 Å². The molecule has 1 saturated carbocycles. The highest BCUT2D eigenvalue weighted by Gasteiger charge is 2.19. The largest absolute Gasteiger partial charge is 0.330 e. The molecular weight excluding hydrogens is 148 g/mol. The SMILES string of the molecule is CCC(CN)CNCCC1CC1. The molecule has 1 fully saturated rings. The Hall–Kier alpha value is -0.0800. The average molecular weight is 170 g/mol. The Bertz CT molecular complexity index is 106. The summed E-state index contributed by atoms with van der Waals surface area (Å²) < 4.78 is 0. The highest BCUT2D eigenvalue weighted by atomic mass is 14.9. The van der Waals surface area contributed by atoms with Gasteiger partial charge in [-0.2, -0.15) is 0 Å². The second kappa shape index (κ2) is 5.55. The van der Waals surface area contributed by atoms with Crippen molar-refractivity contribution in [2.24, 2.45) is 17.6 Å². The second-order valence-electron chi connectivity index (χ2n) is 3.95. The van der Waals surface area contributed by atoms with Gasteiger partial charge in [0.15, 0.2) is 0 Å². The summed E-state index contributed by atoms with van der Waals surface area (Å²) in [6.07, 6.45) is 5.51. The molecule has 1 aliphatic carbocycles. The van der Waals surface area contributed by atoms with Crippen LogP contribution in [0.15, 0.2) is 0 Å². The van der Waals surface area contributed by atoms with Crippen LogP contribution in [-0.2, 0) is 0 Å². The number of rotatable bonds is 7. The first-order valence-corrected chi connectivity index (χ1v) is 5.27. The van der Waals surface area contributed by atoms with Gasteiger partial charge in [0, 0.05) is 0 Å². The highest BCUT2D eigenvalue weighted by Crippen LogP contribution is 2.31. The predicted octanol–water partition coefficient (Wildman–Crippen LogP) is 1.36. The third kappa shape index (κ3) is 4.07. The Morgan fingerprint density at radius 1 is 1.50 bits per heavy atom. The average Bonchev–Trinajstić information content (AvgIpc) is 2.89. The molecule has 0 amide bonds. The number of hydrogen-bond donors (Lipinski definition) is 2. The topological polar surface area (TPSA) is 38.0 Å². The fourth-order valence-electron chi connectivity index (χ4n) is 1.41. The molecular formula is C10H22N2. The van der Waals surface area contributed by atoms with Gasteiger partial charge in [-0.1, -0.05) is 26.2 Å². The molecule has 2 nitrogen and oxygen atoms in total. The summed E-state index contributed by atoms with van der Waals surface area (Å²) in [5.41, 5.74) is 5.60. The molecule has 72 valence electrons. The van der Waals surface area contributed by atoms with Crippen LogP contribution in [0.3, 0.4) is 0 Å². The monoisotopic (exact) mass is 170 g/mol. The third-order valence-corrected chi connectivity index (χ3v) is 2.77. The van der Waals surface area contributed by atoms with Crippen molar-refractivity contribution in [3.63, 3.8) is 0 Å².